The molecule has 1 aliphatic heterocycles. The molecule has 10 heteroatoms. The molecule has 1 aromatic rings. The van der Waals surface area contributed by atoms with E-state index in [1.165, 1.54) is 26.3 Å². The number of carbonyl (C=O) groups excluding carboxylic acids is 3. The van der Waals surface area contributed by atoms with Crippen LogP contribution in [0.4, 0.5) is 4.79 Å². The van der Waals surface area contributed by atoms with Crippen molar-refractivity contribution in [3.05, 3.63) is 27.7 Å². The number of ether oxygens (including phenoxy) is 2. The second-order valence-corrected chi connectivity index (χ2v) is 6.73. The lowest BCUT2D eigenvalue weighted by molar-refractivity contribution is -0.139. The zero-order chi connectivity index (χ0) is 21.0. The van der Waals surface area contributed by atoms with Gasteiger partial charge in [-0.15, -0.1) is 0 Å². The molecule has 0 atom stereocenters. The number of carboxylic acids is 1. The van der Waals surface area contributed by atoms with Crippen LogP contribution in [0, 0.1) is 0 Å². The fourth-order valence-corrected chi connectivity index (χ4v) is 3.15. The number of imide groups is 2. The lowest BCUT2D eigenvalue weighted by Crippen LogP contribution is -2.54. The first kappa shape index (κ1) is 21.4. The second-order valence-electron chi connectivity index (χ2n) is 5.88. The summed E-state index contributed by atoms with van der Waals surface area (Å²) in [6, 6.07) is 2.38. The van der Waals surface area contributed by atoms with Gasteiger partial charge in [0.2, 0.25) is 0 Å². The number of likely N-dealkylation sites (N-methyl/N-ethyl adjacent to an activating group) is 1. The highest BCUT2D eigenvalue weighted by Gasteiger charge is 2.39. The van der Waals surface area contributed by atoms with Gasteiger partial charge in [0.15, 0.2) is 18.1 Å². The number of barbiturate groups is 1. The van der Waals surface area contributed by atoms with E-state index >= 15 is 0 Å². The van der Waals surface area contributed by atoms with Gasteiger partial charge in [0.1, 0.15) is 5.57 Å². The first-order valence-corrected chi connectivity index (χ1v) is 9.08. The molecular formula is C18H19BrN2O7. The van der Waals surface area contributed by atoms with Gasteiger partial charge in [-0.05, 0) is 46.1 Å². The lowest BCUT2D eigenvalue weighted by Gasteiger charge is -2.31. The third kappa shape index (κ3) is 4.33. The van der Waals surface area contributed by atoms with Crippen LogP contribution in [-0.4, -0.2) is 66.0 Å². The minimum atomic E-state index is -1.15. The quantitative estimate of drug-likeness (QED) is 0.495. The van der Waals surface area contributed by atoms with Gasteiger partial charge in [0.05, 0.1) is 11.6 Å². The van der Waals surface area contributed by atoms with Crippen LogP contribution in [0.15, 0.2) is 22.2 Å². The average Bonchev–Trinajstić information content (AvgIpc) is 2.65. The van der Waals surface area contributed by atoms with Gasteiger partial charge in [0, 0.05) is 13.6 Å². The molecular weight excluding hydrogens is 436 g/mol. The topological polar surface area (TPSA) is 113 Å². The summed E-state index contributed by atoms with van der Waals surface area (Å²) in [6.45, 7) is 1.45. The van der Waals surface area contributed by atoms with Crippen molar-refractivity contribution in [2.24, 2.45) is 0 Å². The molecule has 9 nitrogen and oxygen atoms in total. The van der Waals surface area contributed by atoms with Crippen LogP contribution in [0.2, 0.25) is 0 Å². The van der Waals surface area contributed by atoms with Crippen LogP contribution >= 0.6 is 15.9 Å². The molecule has 0 aliphatic carbocycles. The molecule has 0 unspecified atom stereocenters. The molecule has 1 saturated heterocycles. The molecule has 0 radical (unpaired) electrons. The highest BCUT2D eigenvalue weighted by molar-refractivity contribution is 9.10. The van der Waals surface area contributed by atoms with Crippen LogP contribution in [0.3, 0.4) is 0 Å². The third-order valence-electron chi connectivity index (χ3n) is 3.88. The first-order chi connectivity index (χ1) is 13.2. The Hall–Kier alpha value is -2.88. The molecule has 0 spiro atoms. The van der Waals surface area contributed by atoms with Crippen LogP contribution < -0.4 is 9.47 Å². The Morgan fingerprint density at radius 1 is 1.25 bits per heavy atom. The summed E-state index contributed by atoms with van der Waals surface area (Å²) < 4.78 is 10.8. The van der Waals surface area contributed by atoms with E-state index in [1.807, 2.05) is 6.92 Å². The van der Waals surface area contributed by atoms with Crippen molar-refractivity contribution in [1.29, 1.82) is 0 Å². The Morgan fingerprint density at radius 2 is 1.93 bits per heavy atom. The summed E-state index contributed by atoms with van der Waals surface area (Å²) >= 11 is 3.27. The maximum absolute atomic E-state index is 12.6. The Balaban J connectivity index is 2.46. The van der Waals surface area contributed by atoms with Crippen LogP contribution in [-0.2, 0) is 14.4 Å². The number of carboxylic acid groups (broad SMARTS) is 1. The number of halogens is 1. The predicted molar refractivity (Wildman–Crippen MR) is 102 cm³/mol. The van der Waals surface area contributed by atoms with Crippen LogP contribution in [0.25, 0.3) is 6.08 Å². The lowest BCUT2D eigenvalue weighted by atomic mass is 10.1. The number of urea groups is 1. The average molecular weight is 455 g/mol. The number of rotatable bonds is 7. The van der Waals surface area contributed by atoms with Gasteiger partial charge in [0.25, 0.3) is 11.8 Å². The summed E-state index contributed by atoms with van der Waals surface area (Å²) in [7, 11) is 2.69. The predicted octanol–water partition coefficient (Wildman–Crippen LogP) is 2.14. The van der Waals surface area contributed by atoms with Gasteiger partial charge >= 0.3 is 12.0 Å². The Morgan fingerprint density at radius 3 is 2.50 bits per heavy atom. The molecule has 1 heterocycles. The number of amides is 4. The summed E-state index contributed by atoms with van der Waals surface area (Å²) in [6.07, 6.45) is 1.91. The number of nitrogens with zero attached hydrogens (tertiary/aromatic N) is 2. The molecule has 0 bridgehead atoms. The number of hydrogen-bond donors (Lipinski definition) is 1. The molecule has 150 valence electrons. The number of aliphatic carboxylic acids is 1. The van der Waals surface area contributed by atoms with Crippen molar-refractivity contribution in [2.75, 3.05) is 27.3 Å². The fraction of sp³-hybridized carbons (Fsp3) is 0.333. The van der Waals surface area contributed by atoms with E-state index < -0.39 is 30.4 Å². The minimum Gasteiger partial charge on any atom is -0.493 e. The zero-order valence-corrected chi connectivity index (χ0v) is 17.1. The molecule has 1 aliphatic rings. The summed E-state index contributed by atoms with van der Waals surface area (Å²) in [4.78, 5) is 49.8. The van der Waals surface area contributed by atoms with E-state index in [0.29, 0.717) is 16.5 Å². The van der Waals surface area contributed by atoms with E-state index in [2.05, 4.69) is 15.9 Å². The maximum atomic E-state index is 12.6. The molecule has 1 fully saturated rings. The first-order valence-electron chi connectivity index (χ1n) is 8.28. The molecule has 1 aromatic carbocycles. The van der Waals surface area contributed by atoms with Crippen molar-refractivity contribution in [2.45, 2.75) is 13.3 Å². The molecule has 0 saturated carbocycles. The van der Waals surface area contributed by atoms with E-state index in [0.717, 1.165) is 9.80 Å². The highest BCUT2D eigenvalue weighted by Crippen LogP contribution is 2.37. The van der Waals surface area contributed by atoms with Gasteiger partial charge in [-0.2, -0.15) is 0 Å². The van der Waals surface area contributed by atoms with Crippen LogP contribution in [0.5, 0.6) is 11.5 Å². The third-order valence-corrected chi connectivity index (χ3v) is 4.47. The normalized spacial score (nSPS) is 16.0. The molecule has 0 aromatic heterocycles. The van der Waals surface area contributed by atoms with E-state index in [-0.39, 0.29) is 23.6 Å². The smallest absolute Gasteiger partial charge is 0.341 e. The zero-order valence-electron chi connectivity index (χ0n) is 15.5. The SMILES string of the molecule is CCCN1C(=O)C(=Cc2cc(Br)c(OCC(=O)O)c(OC)c2)C(=O)N(C)C1=O. The maximum Gasteiger partial charge on any atom is 0.341 e. The van der Waals surface area contributed by atoms with Crippen molar-refractivity contribution in [1.82, 2.24) is 9.80 Å². The molecule has 2 rings (SSSR count). The number of carbonyl (C=O) groups is 4. The van der Waals surface area contributed by atoms with E-state index in [9.17, 15) is 19.2 Å². The minimum absolute atomic E-state index is 0.163. The standard InChI is InChI=1S/C18H19BrN2O7/c1-4-5-21-17(25)11(16(24)20(2)18(21)26)6-10-7-12(19)15(13(8-10)27-3)28-9-14(22)23/h6-8H,4-5,9H2,1-3H3,(H,22,23). The summed E-state index contributed by atoms with van der Waals surface area (Å²) in [5.41, 5.74) is 0.269. The molecule has 28 heavy (non-hydrogen) atoms. The van der Waals surface area contributed by atoms with Crippen molar-refractivity contribution >= 4 is 45.8 Å². The summed E-state index contributed by atoms with van der Waals surface area (Å²) in [5, 5.41) is 8.77. The van der Waals surface area contributed by atoms with Crippen molar-refractivity contribution < 1.29 is 33.8 Å². The number of hydrogen-bond acceptors (Lipinski definition) is 6. The van der Waals surface area contributed by atoms with Gasteiger partial charge in [-0.3, -0.25) is 19.4 Å². The molecule has 1 N–H and O–H groups in total. The Bertz CT molecular complexity index is 866. The molecule has 4 amide bonds. The van der Waals surface area contributed by atoms with E-state index in [1.54, 1.807) is 6.07 Å². The fourth-order valence-electron chi connectivity index (χ4n) is 2.58. The van der Waals surface area contributed by atoms with Crippen molar-refractivity contribution in [3.8, 4) is 11.5 Å². The van der Waals surface area contributed by atoms with E-state index in [4.69, 9.17) is 14.6 Å². The largest absolute Gasteiger partial charge is 0.493 e. The Kier molecular flexibility index (Phi) is 6.79. The van der Waals surface area contributed by atoms with Crippen LogP contribution in [0.1, 0.15) is 18.9 Å². The second kappa shape index (κ2) is 8.87. The number of methoxy groups -OCH3 is 1. The summed E-state index contributed by atoms with van der Waals surface area (Å²) in [5.74, 6) is -2.14. The number of benzene rings is 1. The van der Waals surface area contributed by atoms with Gasteiger partial charge in [-0.1, -0.05) is 6.92 Å². The Labute approximate surface area is 169 Å². The highest BCUT2D eigenvalue weighted by atomic mass is 79.9. The van der Waals surface area contributed by atoms with Crippen molar-refractivity contribution in [3.63, 3.8) is 0 Å². The monoisotopic (exact) mass is 454 g/mol. The van der Waals surface area contributed by atoms with Gasteiger partial charge < -0.3 is 14.6 Å². The van der Waals surface area contributed by atoms with Gasteiger partial charge in [-0.25, -0.2) is 9.59 Å².